The summed E-state index contributed by atoms with van der Waals surface area (Å²) >= 11 is 0. The third-order valence-electron chi connectivity index (χ3n) is 2.94. The van der Waals surface area contributed by atoms with Crippen molar-refractivity contribution < 1.29 is 4.42 Å². The minimum atomic E-state index is 0.508. The molecule has 2 aromatic heterocycles. The fraction of sp³-hybridized carbons (Fsp3) is 0.333. The Morgan fingerprint density at radius 3 is 2.81 bits per heavy atom. The minimum absolute atomic E-state index is 0.508. The maximum Gasteiger partial charge on any atom is 0.134 e. The van der Waals surface area contributed by atoms with E-state index in [0.29, 0.717) is 11.7 Å². The van der Waals surface area contributed by atoms with E-state index in [1.807, 2.05) is 13.0 Å². The Bertz CT molecular complexity index is 515. The van der Waals surface area contributed by atoms with Gasteiger partial charge in [-0.1, -0.05) is 0 Å². The van der Waals surface area contributed by atoms with Crippen LogP contribution in [0.4, 0.5) is 5.82 Å². The van der Waals surface area contributed by atoms with Gasteiger partial charge in [0, 0.05) is 17.0 Å². The number of anilines is 1. The summed E-state index contributed by atoms with van der Waals surface area (Å²) in [6, 6.07) is 1.89. The first-order valence-electron chi connectivity index (χ1n) is 5.42. The van der Waals surface area contributed by atoms with Crippen LogP contribution >= 0.6 is 0 Å². The van der Waals surface area contributed by atoms with Gasteiger partial charge in [-0.2, -0.15) is 0 Å². The molecule has 0 radical (unpaired) electrons. The van der Waals surface area contributed by atoms with Gasteiger partial charge >= 0.3 is 0 Å². The summed E-state index contributed by atoms with van der Waals surface area (Å²) in [5, 5.41) is 0. The monoisotopic (exact) mass is 215 g/mol. The van der Waals surface area contributed by atoms with E-state index in [9.17, 15) is 0 Å². The molecule has 1 aliphatic rings. The molecule has 0 amide bonds. The third kappa shape index (κ3) is 1.46. The van der Waals surface area contributed by atoms with Gasteiger partial charge in [0.15, 0.2) is 0 Å². The molecule has 82 valence electrons. The number of rotatable bonds is 2. The van der Waals surface area contributed by atoms with Crippen LogP contribution in [0.25, 0.3) is 11.3 Å². The van der Waals surface area contributed by atoms with E-state index < -0.39 is 0 Å². The van der Waals surface area contributed by atoms with Gasteiger partial charge in [0.25, 0.3) is 0 Å². The Labute approximate surface area is 93.5 Å². The number of furan rings is 1. The lowest BCUT2D eigenvalue weighted by Crippen LogP contribution is -2.03. The fourth-order valence-corrected chi connectivity index (χ4v) is 1.76. The summed E-state index contributed by atoms with van der Waals surface area (Å²) < 4.78 is 5.08. The molecule has 0 saturated heterocycles. The van der Waals surface area contributed by atoms with Crippen molar-refractivity contribution in [1.29, 1.82) is 0 Å². The zero-order chi connectivity index (χ0) is 11.1. The van der Waals surface area contributed by atoms with E-state index >= 15 is 0 Å². The molecule has 3 rings (SSSR count). The van der Waals surface area contributed by atoms with Crippen LogP contribution < -0.4 is 5.73 Å². The molecule has 2 heterocycles. The van der Waals surface area contributed by atoms with E-state index in [-0.39, 0.29) is 0 Å². The summed E-state index contributed by atoms with van der Waals surface area (Å²) in [7, 11) is 0. The third-order valence-corrected chi connectivity index (χ3v) is 2.94. The Balaban J connectivity index is 2.15. The molecule has 0 atom stereocenters. The molecule has 0 aromatic carbocycles. The van der Waals surface area contributed by atoms with Gasteiger partial charge in [-0.25, -0.2) is 9.97 Å². The number of hydrogen-bond acceptors (Lipinski definition) is 4. The van der Waals surface area contributed by atoms with Crippen molar-refractivity contribution in [3.63, 3.8) is 0 Å². The van der Waals surface area contributed by atoms with Crippen molar-refractivity contribution in [3.05, 3.63) is 30.0 Å². The van der Waals surface area contributed by atoms with Crippen LogP contribution in [0.1, 0.15) is 30.1 Å². The summed E-state index contributed by atoms with van der Waals surface area (Å²) in [5.41, 5.74) is 8.69. The second-order valence-corrected chi connectivity index (χ2v) is 4.23. The van der Waals surface area contributed by atoms with Crippen molar-refractivity contribution in [3.8, 4) is 11.3 Å². The SMILES string of the molecule is Cc1c(N)nc(C2CC2)nc1-c1ccoc1. The Morgan fingerprint density at radius 1 is 1.38 bits per heavy atom. The van der Waals surface area contributed by atoms with E-state index in [0.717, 1.165) is 22.6 Å². The topological polar surface area (TPSA) is 64.9 Å². The van der Waals surface area contributed by atoms with Gasteiger partial charge in [-0.15, -0.1) is 0 Å². The van der Waals surface area contributed by atoms with E-state index in [2.05, 4.69) is 9.97 Å². The maximum absolute atomic E-state index is 5.91. The Hall–Kier alpha value is -1.84. The Kier molecular flexibility index (Phi) is 1.96. The van der Waals surface area contributed by atoms with Crippen LogP contribution in [-0.2, 0) is 0 Å². The highest BCUT2D eigenvalue weighted by atomic mass is 16.3. The van der Waals surface area contributed by atoms with Gasteiger partial charge < -0.3 is 10.2 Å². The standard InChI is InChI=1S/C12H13N3O/c1-7-10(9-4-5-16-6-9)14-12(8-2-3-8)15-11(7)13/h4-6,8H,2-3H2,1H3,(H2,13,14,15). The van der Waals surface area contributed by atoms with Gasteiger partial charge in [0.2, 0.25) is 0 Å². The van der Waals surface area contributed by atoms with Crippen LogP contribution in [0.3, 0.4) is 0 Å². The van der Waals surface area contributed by atoms with Crippen LogP contribution in [-0.4, -0.2) is 9.97 Å². The lowest BCUT2D eigenvalue weighted by atomic mass is 10.1. The molecular formula is C12H13N3O. The molecule has 0 aliphatic heterocycles. The lowest BCUT2D eigenvalue weighted by Gasteiger charge is -2.07. The second-order valence-electron chi connectivity index (χ2n) is 4.23. The zero-order valence-corrected chi connectivity index (χ0v) is 9.10. The zero-order valence-electron chi connectivity index (χ0n) is 9.10. The molecule has 1 saturated carbocycles. The Morgan fingerprint density at radius 2 is 2.19 bits per heavy atom. The predicted octanol–water partition coefficient (Wildman–Crippen LogP) is 2.50. The average Bonchev–Trinajstić information content (AvgIpc) is 2.98. The van der Waals surface area contributed by atoms with Crippen LogP contribution in [0.15, 0.2) is 23.0 Å². The maximum atomic E-state index is 5.91. The first kappa shape index (κ1) is 9.39. The molecular weight excluding hydrogens is 202 g/mol. The first-order chi connectivity index (χ1) is 7.75. The first-order valence-corrected chi connectivity index (χ1v) is 5.42. The smallest absolute Gasteiger partial charge is 0.134 e. The van der Waals surface area contributed by atoms with E-state index in [1.165, 1.54) is 12.8 Å². The molecule has 2 N–H and O–H groups in total. The number of aromatic nitrogens is 2. The number of hydrogen-bond donors (Lipinski definition) is 1. The van der Waals surface area contributed by atoms with Gasteiger partial charge in [0.05, 0.1) is 18.2 Å². The van der Waals surface area contributed by atoms with Crippen molar-refractivity contribution in [2.75, 3.05) is 5.73 Å². The summed E-state index contributed by atoms with van der Waals surface area (Å²) in [6.07, 6.45) is 5.68. The summed E-state index contributed by atoms with van der Waals surface area (Å²) in [6.45, 7) is 1.94. The van der Waals surface area contributed by atoms with Crippen LogP contribution in [0, 0.1) is 6.92 Å². The summed E-state index contributed by atoms with van der Waals surface area (Å²) in [4.78, 5) is 8.93. The molecule has 1 aliphatic carbocycles. The molecule has 2 aromatic rings. The quantitative estimate of drug-likeness (QED) is 0.835. The number of nitrogens with zero attached hydrogens (tertiary/aromatic N) is 2. The second kappa shape index (κ2) is 3.33. The summed E-state index contributed by atoms with van der Waals surface area (Å²) in [5.74, 6) is 1.96. The minimum Gasteiger partial charge on any atom is -0.472 e. The molecule has 4 nitrogen and oxygen atoms in total. The van der Waals surface area contributed by atoms with Crippen molar-refractivity contribution >= 4 is 5.82 Å². The number of nitrogen functional groups attached to an aromatic ring is 1. The van der Waals surface area contributed by atoms with Crippen LogP contribution in [0.2, 0.25) is 0 Å². The van der Waals surface area contributed by atoms with E-state index in [4.69, 9.17) is 10.2 Å². The number of nitrogens with two attached hydrogens (primary N) is 1. The predicted molar refractivity (Wildman–Crippen MR) is 60.9 cm³/mol. The van der Waals surface area contributed by atoms with E-state index in [1.54, 1.807) is 12.5 Å². The normalized spacial score (nSPS) is 15.3. The molecule has 1 fully saturated rings. The van der Waals surface area contributed by atoms with Gasteiger partial charge in [-0.05, 0) is 25.8 Å². The van der Waals surface area contributed by atoms with Crippen molar-refractivity contribution in [2.45, 2.75) is 25.7 Å². The highest BCUT2D eigenvalue weighted by Gasteiger charge is 2.28. The van der Waals surface area contributed by atoms with Crippen molar-refractivity contribution in [2.24, 2.45) is 0 Å². The average molecular weight is 215 g/mol. The fourth-order valence-electron chi connectivity index (χ4n) is 1.76. The van der Waals surface area contributed by atoms with Gasteiger partial charge in [0.1, 0.15) is 11.6 Å². The lowest BCUT2D eigenvalue weighted by molar-refractivity contribution is 0.568. The molecule has 4 heteroatoms. The van der Waals surface area contributed by atoms with Crippen LogP contribution in [0.5, 0.6) is 0 Å². The molecule has 0 unspecified atom stereocenters. The molecule has 0 spiro atoms. The molecule has 16 heavy (non-hydrogen) atoms. The highest BCUT2D eigenvalue weighted by Crippen LogP contribution is 2.39. The van der Waals surface area contributed by atoms with Gasteiger partial charge in [-0.3, -0.25) is 0 Å². The molecule has 0 bridgehead atoms. The largest absolute Gasteiger partial charge is 0.472 e. The van der Waals surface area contributed by atoms with Crippen molar-refractivity contribution in [1.82, 2.24) is 9.97 Å². The highest BCUT2D eigenvalue weighted by molar-refractivity contribution is 5.66.